The van der Waals surface area contributed by atoms with Crippen molar-refractivity contribution in [1.29, 1.82) is 0 Å². The van der Waals surface area contributed by atoms with Crippen LogP contribution in [0.2, 0.25) is 5.02 Å². The van der Waals surface area contributed by atoms with Crippen LogP contribution in [0, 0.1) is 0 Å². The van der Waals surface area contributed by atoms with Crippen LogP contribution < -0.4 is 9.99 Å². The smallest absolute Gasteiger partial charge is 0.328 e. The molecule has 1 aromatic heterocycles. The molecule has 0 atom stereocenters. The number of benzene rings is 2. The second kappa shape index (κ2) is 7.33. The van der Waals surface area contributed by atoms with Crippen LogP contribution in [0.3, 0.4) is 0 Å². The molecule has 0 aliphatic carbocycles. The van der Waals surface area contributed by atoms with Crippen LogP contribution in [-0.4, -0.2) is 37.2 Å². The highest BCUT2D eigenvalue weighted by atomic mass is 35.5. The number of carbonyl (C=O) groups is 1. The van der Waals surface area contributed by atoms with Crippen LogP contribution in [-0.2, 0) is 33.7 Å². The van der Waals surface area contributed by atoms with E-state index in [9.17, 15) is 18.0 Å². The number of methoxy groups -OCH3 is 1. The number of rotatable bonds is 5. The van der Waals surface area contributed by atoms with Gasteiger partial charge < -0.3 is 4.74 Å². The zero-order valence-corrected chi connectivity index (χ0v) is 17.0. The van der Waals surface area contributed by atoms with E-state index in [0.717, 1.165) is 4.31 Å². The molecule has 0 N–H and O–H groups in total. The molecule has 148 valence electrons. The minimum atomic E-state index is -4.14. The third-order valence-corrected chi connectivity index (χ3v) is 6.43. The number of carbonyl (C=O) groups excluding carboxylic acids is 1. The van der Waals surface area contributed by atoms with Gasteiger partial charge in [-0.2, -0.15) is 0 Å². The Morgan fingerprint density at radius 3 is 2.43 bits per heavy atom. The first kappa shape index (κ1) is 20.0. The number of nitrogens with zero attached hydrogens (tertiary/aromatic N) is 3. The lowest BCUT2D eigenvalue weighted by atomic mass is 10.3. The van der Waals surface area contributed by atoms with Gasteiger partial charge in [-0.1, -0.05) is 17.7 Å². The van der Waals surface area contributed by atoms with Gasteiger partial charge in [-0.25, -0.2) is 13.2 Å². The van der Waals surface area contributed by atoms with Gasteiger partial charge in [0.25, 0.3) is 10.0 Å². The summed E-state index contributed by atoms with van der Waals surface area (Å²) in [4.78, 5) is 23.9. The van der Waals surface area contributed by atoms with E-state index in [1.165, 1.54) is 40.5 Å². The van der Waals surface area contributed by atoms with Crippen molar-refractivity contribution < 1.29 is 17.9 Å². The minimum absolute atomic E-state index is 0.0647. The highest BCUT2D eigenvalue weighted by Crippen LogP contribution is 2.27. The maximum atomic E-state index is 13.3. The van der Waals surface area contributed by atoms with E-state index in [1.54, 1.807) is 32.3 Å². The van der Waals surface area contributed by atoms with Crippen molar-refractivity contribution >= 4 is 44.3 Å². The predicted octanol–water partition coefficient (Wildman–Crippen LogP) is 1.90. The Labute approximate surface area is 166 Å². The first-order valence-electron chi connectivity index (χ1n) is 8.17. The Hall–Kier alpha value is -2.78. The van der Waals surface area contributed by atoms with Crippen molar-refractivity contribution in [2.45, 2.75) is 4.90 Å². The molecule has 0 bridgehead atoms. The average Bonchev–Trinajstić information content (AvgIpc) is 2.89. The van der Waals surface area contributed by atoms with Crippen LogP contribution in [0.25, 0.3) is 11.0 Å². The Kier molecular flexibility index (Phi) is 5.22. The number of esters is 1. The SMILES string of the molecule is COC(=O)CN(c1cccc(Cl)c1)S(=O)(=O)c1ccc2c(c1)n(C)c(=O)n2C. The number of fused-ring (bicyclic) bond motifs is 1. The van der Waals surface area contributed by atoms with E-state index in [0.29, 0.717) is 16.1 Å². The number of aryl methyl sites for hydroxylation is 2. The topological polar surface area (TPSA) is 90.6 Å². The summed E-state index contributed by atoms with van der Waals surface area (Å²) in [5, 5.41) is 0.323. The molecule has 0 fully saturated rings. The zero-order chi connectivity index (χ0) is 20.6. The molecule has 1 heterocycles. The summed E-state index contributed by atoms with van der Waals surface area (Å²) >= 11 is 6.00. The molecule has 3 aromatic rings. The minimum Gasteiger partial charge on any atom is -0.468 e. The number of aromatic nitrogens is 2. The number of ether oxygens (including phenoxy) is 1. The molecule has 0 amide bonds. The van der Waals surface area contributed by atoms with E-state index >= 15 is 0 Å². The highest BCUT2D eigenvalue weighted by molar-refractivity contribution is 7.92. The maximum Gasteiger partial charge on any atom is 0.328 e. The summed E-state index contributed by atoms with van der Waals surface area (Å²) in [6, 6.07) is 10.5. The standard InChI is InChI=1S/C18H18ClN3O5S/c1-20-15-8-7-14(10-16(15)21(2)18(20)24)28(25,26)22(11-17(23)27-3)13-6-4-5-12(19)9-13/h4-10H,11H2,1-3H3. The van der Waals surface area contributed by atoms with Crippen molar-refractivity contribution in [3.8, 4) is 0 Å². The molecule has 0 aliphatic rings. The van der Waals surface area contributed by atoms with Gasteiger partial charge in [0.15, 0.2) is 0 Å². The van der Waals surface area contributed by atoms with Crippen LogP contribution >= 0.6 is 11.6 Å². The number of imidazole rings is 1. The van der Waals surface area contributed by atoms with Gasteiger partial charge in [0.2, 0.25) is 0 Å². The van der Waals surface area contributed by atoms with E-state index in [1.807, 2.05) is 0 Å². The number of anilines is 1. The number of sulfonamides is 1. The largest absolute Gasteiger partial charge is 0.468 e. The Morgan fingerprint density at radius 2 is 1.79 bits per heavy atom. The van der Waals surface area contributed by atoms with Gasteiger partial charge in [-0.3, -0.25) is 18.2 Å². The van der Waals surface area contributed by atoms with E-state index in [4.69, 9.17) is 11.6 Å². The van der Waals surface area contributed by atoms with E-state index < -0.39 is 22.5 Å². The first-order chi connectivity index (χ1) is 13.2. The molecule has 0 saturated heterocycles. The van der Waals surface area contributed by atoms with Crippen LogP contribution in [0.4, 0.5) is 5.69 Å². The normalized spacial score (nSPS) is 11.6. The second-order valence-electron chi connectivity index (χ2n) is 6.12. The van der Waals surface area contributed by atoms with Crippen LogP contribution in [0.5, 0.6) is 0 Å². The molecule has 10 heteroatoms. The highest BCUT2D eigenvalue weighted by Gasteiger charge is 2.28. The summed E-state index contributed by atoms with van der Waals surface area (Å²) in [7, 11) is 0.204. The Morgan fingerprint density at radius 1 is 1.11 bits per heavy atom. The third kappa shape index (κ3) is 3.38. The summed E-state index contributed by atoms with van der Waals surface area (Å²) in [5.41, 5.74) is 0.997. The van der Waals surface area contributed by atoms with Crippen LogP contribution in [0.15, 0.2) is 52.2 Å². The molecule has 0 radical (unpaired) electrons. The van der Waals surface area contributed by atoms with Gasteiger partial charge in [-0.15, -0.1) is 0 Å². The van der Waals surface area contributed by atoms with Gasteiger partial charge in [0, 0.05) is 19.1 Å². The summed E-state index contributed by atoms with van der Waals surface area (Å²) in [6.07, 6.45) is 0. The average molecular weight is 424 g/mol. The second-order valence-corrected chi connectivity index (χ2v) is 8.42. The summed E-state index contributed by atoms with van der Waals surface area (Å²) < 4.78 is 35.0. The third-order valence-electron chi connectivity index (χ3n) is 4.43. The van der Waals surface area contributed by atoms with Gasteiger partial charge in [0.05, 0.1) is 28.7 Å². The fourth-order valence-corrected chi connectivity index (χ4v) is 4.51. The molecule has 8 nitrogen and oxygen atoms in total. The summed E-state index contributed by atoms with van der Waals surface area (Å²) in [5.74, 6) is -0.725. The molecule has 0 unspecified atom stereocenters. The molecule has 0 aliphatic heterocycles. The number of hydrogen-bond donors (Lipinski definition) is 0. The molecule has 0 spiro atoms. The molecule has 3 rings (SSSR count). The van der Waals surface area contributed by atoms with Crippen molar-refractivity contribution in [2.75, 3.05) is 18.0 Å². The fourth-order valence-electron chi connectivity index (χ4n) is 2.90. The van der Waals surface area contributed by atoms with E-state index in [2.05, 4.69) is 4.74 Å². The predicted molar refractivity (Wildman–Crippen MR) is 106 cm³/mol. The van der Waals surface area contributed by atoms with Crippen molar-refractivity contribution in [1.82, 2.24) is 9.13 Å². The quantitative estimate of drug-likeness (QED) is 0.584. The molecule has 0 saturated carbocycles. The first-order valence-corrected chi connectivity index (χ1v) is 9.99. The van der Waals surface area contributed by atoms with Gasteiger partial charge in [0.1, 0.15) is 6.54 Å². The van der Waals surface area contributed by atoms with Crippen molar-refractivity contribution in [3.63, 3.8) is 0 Å². The zero-order valence-electron chi connectivity index (χ0n) is 15.4. The lowest BCUT2D eigenvalue weighted by Gasteiger charge is -2.23. The fraction of sp³-hybridized carbons (Fsp3) is 0.222. The lowest BCUT2D eigenvalue weighted by molar-refractivity contribution is -0.138. The van der Waals surface area contributed by atoms with Crippen molar-refractivity contribution in [3.05, 3.63) is 58.0 Å². The lowest BCUT2D eigenvalue weighted by Crippen LogP contribution is -2.36. The molecular formula is C18H18ClN3O5S. The molecule has 2 aromatic carbocycles. The van der Waals surface area contributed by atoms with Crippen molar-refractivity contribution in [2.24, 2.45) is 14.1 Å². The van der Waals surface area contributed by atoms with E-state index in [-0.39, 0.29) is 16.3 Å². The Bertz CT molecular complexity index is 1230. The molecule has 28 heavy (non-hydrogen) atoms. The van der Waals surface area contributed by atoms with Crippen LogP contribution in [0.1, 0.15) is 0 Å². The number of halogens is 1. The molecular weight excluding hydrogens is 406 g/mol. The Balaban J connectivity index is 2.18. The number of hydrogen-bond acceptors (Lipinski definition) is 5. The monoisotopic (exact) mass is 423 g/mol. The maximum absolute atomic E-state index is 13.3. The summed E-state index contributed by atoms with van der Waals surface area (Å²) in [6.45, 7) is -0.523. The van der Waals surface area contributed by atoms with Gasteiger partial charge >= 0.3 is 11.7 Å². The van der Waals surface area contributed by atoms with Gasteiger partial charge in [-0.05, 0) is 36.4 Å².